The lowest BCUT2D eigenvalue weighted by Gasteiger charge is -2.17. The van der Waals surface area contributed by atoms with Gasteiger partial charge in [0.15, 0.2) is 0 Å². The lowest BCUT2D eigenvalue weighted by atomic mass is 10.1. The number of carbonyl (C=O) groups is 1. The zero-order valence-corrected chi connectivity index (χ0v) is 16.2. The molecule has 0 aromatic carbocycles. The molecule has 20 heavy (non-hydrogen) atoms. The summed E-state index contributed by atoms with van der Waals surface area (Å²) in [6.45, 7) is 14.4. The van der Waals surface area contributed by atoms with Gasteiger partial charge in [-0.15, -0.1) is 5.16 Å². The smallest absolute Gasteiger partial charge is 0.292 e. The summed E-state index contributed by atoms with van der Waals surface area (Å²) in [5, 5.41) is 4.17. The molecule has 0 saturated heterocycles. The molecule has 0 amide bonds. The molecule has 0 fully saturated rings. The summed E-state index contributed by atoms with van der Waals surface area (Å²) < 4.78 is 10.9. The summed E-state index contributed by atoms with van der Waals surface area (Å²) in [4.78, 5) is 11.5. The minimum atomic E-state index is -1.72. The van der Waals surface area contributed by atoms with Crippen molar-refractivity contribution < 1.29 is 13.7 Å². The summed E-state index contributed by atoms with van der Waals surface area (Å²) in [6.07, 6.45) is 4.44. The van der Waals surface area contributed by atoms with Crippen LogP contribution >= 0.6 is 0 Å². The van der Waals surface area contributed by atoms with E-state index in [0.717, 1.165) is 31.4 Å². The van der Waals surface area contributed by atoms with Gasteiger partial charge in [0.2, 0.25) is 8.32 Å². The second-order valence-electron chi connectivity index (χ2n) is 7.18. The Kier molecular flexibility index (Phi) is 8.34. The van der Waals surface area contributed by atoms with Crippen LogP contribution < -0.4 is 0 Å². The standard InChI is InChI=1S/C14H31NO3Si2/c1-13(15-18-20(5,6)7)11-9-8-10-12-14(16)17-19(2,3)4/h8-12H2,1-7H3/b15-13+. The van der Waals surface area contributed by atoms with Crippen molar-refractivity contribution in [3.8, 4) is 0 Å². The third-order valence-corrected chi connectivity index (χ3v) is 3.79. The number of rotatable bonds is 9. The van der Waals surface area contributed by atoms with Gasteiger partial charge >= 0.3 is 0 Å². The van der Waals surface area contributed by atoms with E-state index in [4.69, 9.17) is 8.95 Å². The highest BCUT2D eigenvalue weighted by atomic mass is 28.4. The van der Waals surface area contributed by atoms with Crippen LogP contribution in [0.15, 0.2) is 5.16 Å². The molecule has 0 unspecified atom stereocenters. The van der Waals surface area contributed by atoms with E-state index in [-0.39, 0.29) is 5.97 Å². The summed E-state index contributed by atoms with van der Waals surface area (Å²) in [7, 11) is -3.27. The first-order valence-electron chi connectivity index (χ1n) is 7.43. The van der Waals surface area contributed by atoms with Crippen LogP contribution in [0.4, 0.5) is 0 Å². The molecule has 0 atom stereocenters. The van der Waals surface area contributed by atoms with Gasteiger partial charge in [-0.1, -0.05) is 6.42 Å². The third-order valence-electron chi connectivity index (χ3n) is 2.31. The van der Waals surface area contributed by atoms with E-state index in [9.17, 15) is 4.79 Å². The Hall–Kier alpha value is -0.626. The van der Waals surface area contributed by atoms with Crippen LogP contribution in [0.1, 0.15) is 39.0 Å². The Balaban J connectivity index is 3.70. The maximum absolute atomic E-state index is 11.5. The van der Waals surface area contributed by atoms with Crippen molar-refractivity contribution in [3.63, 3.8) is 0 Å². The number of unbranched alkanes of at least 4 members (excludes halogenated alkanes) is 2. The molecular formula is C14H31NO3Si2. The summed E-state index contributed by atoms with van der Waals surface area (Å²) in [5.41, 5.74) is 1.04. The van der Waals surface area contributed by atoms with Crippen molar-refractivity contribution in [2.75, 3.05) is 0 Å². The van der Waals surface area contributed by atoms with E-state index < -0.39 is 16.6 Å². The van der Waals surface area contributed by atoms with Gasteiger partial charge in [0.25, 0.3) is 14.3 Å². The maximum Gasteiger partial charge on any atom is 0.292 e. The fourth-order valence-corrected chi connectivity index (χ4v) is 2.69. The number of nitrogens with zero attached hydrogens (tertiary/aromatic N) is 1. The topological polar surface area (TPSA) is 47.9 Å². The fourth-order valence-electron chi connectivity index (χ4n) is 1.48. The Morgan fingerprint density at radius 2 is 1.45 bits per heavy atom. The summed E-state index contributed by atoms with van der Waals surface area (Å²) in [6, 6.07) is 0. The van der Waals surface area contributed by atoms with Crippen LogP contribution in [-0.4, -0.2) is 28.3 Å². The van der Waals surface area contributed by atoms with Crippen LogP contribution in [0.2, 0.25) is 39.3 Å². The Labute approximate surface area is 126 Å². The monoisotopic (exact) mass is 317 g/mol. The average molecular weight is 318 g/mol. The first kappa shape index (κ1) is 19.4. The molecule has 4 nitrogen and oxygen atoms in total. The SMILES string of the molecule is C/C(CCCCCC(=O)O[Si](C)(C)C)=N\O[Si](C)(C)C. The molecule has 0 aliphatic heterocycles. The highest BCUT2D eigenvalue weighted by molar-refractivity contribution is 6.71. The molecule has 0 rings (SSSR count). The quantitative estimate of drug-likeness (QED) is 0.271. The summed E-state index contributed by atoms with van der Waals surface area (Å²) in [5.74, 6) is -0.0448. The van der Waals surface area contributed by atoms with Crippen molar-refractivity contribution in [3.05, 3.63) is 0 Å². The van der Waals surface area contributed by atoms with E-state index in [1.165, 1.54) is 0 Å². The second kappa shape index (κ2) is 8.61. The van der Waals surface area contributed by atoms with Crippen molar-refractivity contribution in [1.82, 2.24) is 0 Å². The van der Waals surface area contributed by atoms with E-state index in [2.05, 4.69) is 24.8 Å². The molecule has 6 heteroatoms. The lowest BCUT2D eigenvalue weighted by Crippen LogP contribution is -2.28. The van der Waals surface area contributed by atoms with Crippen LogP contribution in [0.5, 0.6) is 0 Å². The minimum Gasteiger partial charge on any atom is -0.520 e. The zero-order chi connectivity index (χ0) is 15.8. The number of oxime groups is 1. The van der Waals surface area contributed by atoms with E-state index in [1.54, 1.807) is 0 Å². The average Bonchev–Trinajstić information content (AvgIpc) is 2.22. The highest BCUT2D eigenvalue weighted by Crippen LogP contribution is 2.10. The Bertz CT molecular complexity index is 330. The number of hydrogen-bond donors (Lipinski definition) is 0. The molecule has 0 N–H and O–H groups in total. The minimum absolute atomic E-state index is 0.0448. The van der Waals surface area contributed by atoms with E-state index in [1.807, 2.05) is 26.6 Å². The van der Waals surface area contributed by atoms with Gasteiger partial charge < -0.3 is 8.95 Å². The molecule has 0 saturated carbocycles. The molecule has 0 aromatic heterocycles. The van der Waals surface area contributed by atoms with Gasteiger partial charge in [-0.05, 0) is 65.5 Å². The molecule has 0 spiro atoms. The highest BCUT2D eigenvalue weighted by Gasteiger charge is 2.19. The van der Waals surface area contributed by atoms with Gasteiger partial charge in [-0.25, -0.2) is 0 Å². The largest absolute Gasteiger partial charge is 0.520 e. The molecule has 0 aromatic rings. The van der Waals surface area contributed by atoms with Crippen molar-refractivity contribution in [2.24, 2.45) is 5.16 Å². The van der Waals surface area contributed by atoms with Gasteiger partial charge in [-0.3, -0.25) is 4.79 Å². The lowest BCUT2D eigenvalue weighted by molar-refractivity contribution is -0.135. The first-order chi connectivity index (χ1) is 8.99. The van der Waals surface area contributed by atoms with Gasteiger partial charge in [-0.2, -0.15) is 0 Å². The second-order valence-corrected chi connectivity index (χ2v) is 16.0. The van der Waals surface area contributed by atoms with Crippen molar-refractivity contribution in [2.45, 2.75) is 78.3 Å². The van der Waals surface area contributed by atoms with Crippen LogP contribution in [-0.2, 0) is 13.7 Å². The molecule has 0 radical (unpaired) electrons. The molecule has 0 bridgehead atoms. The van der Waals surface area contributed by atoms with E-state index in [0.29, 0.717) is 6.42 Å². The molecular weight excluding hydrogens is 286 g/mol. The van der Waals surface area contributed by atoms with E-state index >= 15 is 0 Å². The predicted octanol–water partition coefficient (Wildman–Crippen LogP) is 4.54. The van der Waals surface area contributed by atoms with Gasteiger partial charge in [0, 0.05) is 6.42 Å². The number of hydrogen-bond acceptors (Lipinski definition) is 4. The molecule has 0 aliphatic rings. The molecule has 118 valence electrons. The van der Waals surface area contributed by atoms with Crippen molar-refractivity contribution in [1.29, 1.82) is 0 Å². The fraction of sp³-hybridized carbons (Fsp3) is 0.857. The van der Waals surface area contributed by atoms with Crippen LogP contribution in [0.25, 0.3) is 0 Å². The van der Waals surface area contributed by atoms with Gasteiger partial charge in [0.1, 0.15) is 0 Å². The molecule has 0 heterocycles. The predicted molar refractivity (Wildman–Crippen MR) is 90.1 cm³/mol. The zero-order valence-electron chi connectivity index (χ0n) is 14.2. The first-order valence-corrected chi connectivity index (χ1v) is 14.2. The summed E-state index contributed by atoms with van der Waals surface area (Å²) >= 11 is 0. The number of carbonyl (C=O) groups excluding carboxylic acids is 1. The van der Waals surface area contributed by atoms with Gasteiger partial charge in [0.05, 0.1) is 5.71 Å². The van der Waals surface area contributed by atoms with Crippen molar-refractivity contribution >= 4 is 28.3 Å². The van der Waals surface area contributed by atoms with Crippen LogP contribution in [0, 0.1) is 0 Å². The Morgan fingerprint density at radius 3 is 1.95 bits per heavy atom. The maximum atomic E-state index is 11.5. The third kappa shape index (κ3) is 13.8. The molecule has 0 aliphatic carbocycles. The van der Waals surface area contributed by atoms with Crippen LogP contribution in [0.3, 0.4) is 0 Å². The Morgan fingerprint density at radius 1 is 0.900 bits per heavy atom. The normalized spacial score (nSPS) is 13.2.